The van der Waals surface area contributed by atoms with E-state index in [1.165, 1.54) is 11.1 Å². The van der Waals surface area contributed by atoms with Crippen LogP contribution in [0.3, 0.4) is 0 Å². The number of rotatable bonds is 6. The third kappa shape index (κ3) is 4.77. The van der Waals surface area contributed by atoms with Crippen LogP contribution in [0.15, 0.2) is 24.3 Å². The molecule has 0 spiro atoms. The predicted octanol–water partition coefficient (Wildman–Crippen LogP) is 3.11. The largest absolute Gasteiger partial charge is 0.395 e. The Morgan fingerprint density at radius 3 is 1.77 bits per heavy atom. The summed E-state index contributed by atoms with van der Waals surface area (Å²) >= 11 is 7.81. The fourth-order valence-corrected chi connectivity index (χ4v) is 9.13. The molecular formula is C16H22O2S4. The summed E-state index contributed by atoms with van der Waals surface area (Å²) in [5.74, 6) is 2.15. The molecule has 0 bridgehead atoms. The van der Waals surface area contributed by atoms with Crippen LogP contribution in [0.2, 0.25) is 0 Å². The minimum Gasteiger partial charge on any atom is -0.395 e. The Morgan fingerprint density at radius 2 is 1.36 bits per heavy atom. The van der Waals surface area contributed by atoms with Crippen LogP contribution in [0.25, 0.3) is 0 Å². The highest BCUT2D eigenvalue weighted by Crippen LogP contribution is 2.41. The first-order chi connectivity index (χ1) is 10.8. The van der Waals surface area contributed by atoms with Crippen LogP contribution in [0.1, 0.15) is 11.1 Å². The molecule has 2 aliphatic rings. The lowest BCUT2D eigenvalue weighted by atomic mass is 10.1. The Kier molecular flexibility index (Phi) is 6.77. The summed E-state index contributed by atoms with van der Waals surface area (Å²) in [6, 6.07) is 8.97. The molecule has 2 saturated heterocycles. The lowest BCUT2D eigenvalue weighted by Crippen LogP contribution is -2.07. The summed E-state index contributed by atoms with van der Waals surface area (Å²) in [7, 11) is 0. The standard InChI is InChI=1S/C16H22O2S4/c17-7-13-9-19-15(21-13)5-11-2-1-3-12(4-11)6-16-20-10-14(8-18)22-16/h1-4,13-18H,5-10H2. The van der Waals surface area contributed by atoms with Gasteiger partial charge in [-0.1, -0.05) is 24.3 Å². The number of hydrogen-bond acceptors (Lipinski definition) is 6. The lowest BCUT2D eigenvalue weighted by molar-refractivity contribution is 0.301. The van der Waals surface area contributed by atoms with Gasteiger partial charge >= 0.3 is 0 Å². The molecule has 122 valence electrons. The molecule has 0 aliphatic carbocycles. The Hall–Kier alpha value is 0.540. The van der Waals surface area contributed by atoms with E-state index >= 15 is 0 Å². The van der Waals surface area contributed by atoms with Gasteiger partial charge in [0.2, 0.25) is 0 Å². The minimum atomic E-state index is 0.302. The number of benzene rings is 1. The van der Waals surface area contributed by atoms with Crippen molar-refractivity contribution < 1.29 is 10.2 Å². The van der Waals surface area contributed by atoms with Gasteiger partial charge in [-0.15, -0.1) is 47.0 Å². The average molecular weight is 375 g/mol. The molecule has 2 fully saturated rings. The van der Waals surface area contributed by atoms with Gasteiger partial charge in [-0.05, 0) is 24.0 Å². The third-order valence-electron chi connectivity index (χ3n) is 3.83. The van der Waals surface area contributed by atoms with Crippen molar-refractivity contribution in [3.05, 3.63) is 35.4 Å². The van der Waals surface area contributed by atoms with Crippen LogP contribution in [-0.4, -0.2) is 54.6 Å². The molecule has 6 heteroatoms. The van der Waals surface area contributed by atoms with Crippen LogP contribution >= 0.6 is 47.0 Å². The fourth-order valence-electron chi connectivity index (χ4n) is 2.69. The number of aliphatic hydroxyl groups excluding tert-OH is 2. The van der Waals surface area contributed by atoms with Gasteiger partial charge in [0.25, 0.3) is 0 Å². The monoisotopic (exact) mass is 374 g/mol. The topological polar surface area (TPSA) is 40.5 Å². The molecule has 2 aliphatic heterocycles. The normalized spacial score (nSPS) is 31.7. The molecule has 0 amide bonds. The number of hydrogen-bond donors (Lipinski definition) is 2. The van der Waals surface area contributed by atoms with Crippen LogP contribution in [0.5, 0.6) is 0 Å². The zero-order valence-corrected chi connectivity index (χ0v) is 15.7. The van der Waals surface area contributed by atoms with Crippen molar-refractivity contribution in [1.82, 2.24) is 0 Å². The van der Waals surface area contributed by atoms with Gasteiger partial charge in [0.05, 0.1) is 22.4 Å². The fraction of sp³-hybridized carbons (Fsp3) is 0.625. The third-order valence-corrected chi connectivity index (χ3v) is 10.3. The molecule has 4 atom stereocenters. The van der Waals surface area contributed by atoms with Gasteiger partial charge in [-0.3, -0.25) is 0 Å². The summed E-state index contributed by atoms with van der Waals surface area (Å²) in [5.41, 5.74) is 2.82. The van der Waals surface area contributed by atoms with Crippen molar-refractivity contribution in [2.24, 2.45) is 0 Å². The highest BCUT2D eigenvalue weighted by molar-refractivity contribution is 8.20. The summed E-state index contributed by atoms with van der Waals surface area (Å²) in [6.45, 7) is 0.604. The molecule has 2 N–H and O–H groups in total. The number of aliphatic hydroxyl groups is 2. The Bertz CT molecular complexity index is 446. The molecule has 0 aromatic heterocycles. The molecule has 2 heterocycles. The van der Waals surface area contributed by atoms with Crippen molar-refractivity contribution in [2.45, 2.75) is 32.5 Å². The van der Waals surface area contributed by atoms with Gasteiger partial charge in [0, 0.05) is 22.0 Å². The summed E-state index contributed by atoms with van der Waals surface area (Å²) in [4.78, 5) is 0. The van der Waals surface area contributed by atoms with Crippen molar-refractivity contribution in [2.75, 3.05) is 24.7 Å². The second-order valence-electron chi connectivity index (χ2n) is 5.64. The van der Waals surface area contributed by atoms with E-state index in [0.717, 1.165) is 24.3 Å². The van der Waals surface area contributed by atoms with E-state index in [2.05, 4.69) is 24.3 Å². The molecule has 0 saturated carbocycles. The van der Waals surface area contributed by atoms with E-state index < -0.39 is 0 Å². The minimum absolute atomic E-state index is 0.302. The van der Waals surface area contributed by atoms with Gasteiger partial charge < -0.3 is 10.2 Å². The highest BCUT2D eigenvalue weighted by atomic mass is 32.2. The zero-order chi connectivity index (χ0) is 15.4. The molecular weight excluding hydrogens is 352 g/mol. The maximum atomic E-state index is 9.24. The predicted molar refractivity (Wildman–Crippen MR) is 103 cm³/mol. The van der Waals surface area contributed by atoms with E-state index in [0.29, 0.717) is 32.9 Å². The van der Waals surface area contributed by atoms with Crippen molar-refractivity contribution in [3.8, 4) is 0 Å². The van der Waals surface area contributed by atoms with Crippen molar-refractivity contribution in [1.29, 1.82) is 0 Å². The molecule has 22 heavy (non-hydrogen) atoms. The number of thioether (sulfide) groups is 4. The molecule has 2 nitrogen and oxygen atoms in total. The Labute approximate surface area is 149 Å². The summed E-state index contributed by atoms with van der Waals surface area (Å²) in [6.07, 6.45) is 2.17. The molecule has 1 aromatic rings. The lowest BCUT2D eigenvalue weighted by Gasteiger charge is -2.12. The van der Waals surface area contributed by atoms with Crippen LogP contribution in [0.4, 0.5) is 0 Å². The summed E-state index contributed by atoms with van der Waals surface area (Å²) in [5, 5.41) is 19.3. The maximum absolute atomic E-state index is 9.24. The first kappa shape index (κ1) is 17.4. The SMILES string of the molecule is OCC1CSC(Cc2cccc(CC3SCC(CO)S3)c2)S1. The van der Waals surface area contributed by atoms with Gasteiger partial charge in [0.1, 0.15) is 0 Å². The van der Waals surface area contributed by atoms with E-state index in [9.17, 15) is 10.2 Å². The Balaban J connectivity index is 1.54. The smallest absolute Gasteiger partial charge is 0.0558 e. The van der Waals surface area contributed by atoms with Crippen LogP contribution in [-0.2, 0) is 12.8 Å². The van der Waals surface area contributed by atoms with E-state index in [1.807, 2.05) is 47.0 Å². The first-order valence-electron chi connectivity index (χ1n) is 7.60. The summed E-state index contributed by atoms with van der Waals surface area (Å²) < 4.78 is 1.17. The van der Waals surface area contributed by atoms with E-state index in [1.54, 1.807) is 0 Å². The molecule has 4 unspecified atom stereocenters. The zero-order valence-electron chi connectivity index (χ0n) is 12.4. The van der Waals surface area contributed by atoms with Crippen molar-refractivity contribution >= 4 is 47.0 Å². The highest BCUT2D eigenvalue weighted by Gasteiger charge is 2.27. The Morgan fingerprint density at radius 1 is 0.864 bits per heavy atom. The first-order valence-corrected chi connectivity index (χ1v) is 11.6. The van der Waals surface area contributed by atoms with Crippen molar-refractivity contribution in [3.63, 3.8) is 0 Å². The average Bonchev–Trinajstić information content (AvgIpc) is 3.16. The van der Waals surface area contributed by atoms with Crippen LogP contribution in [0, 0.1) is 0 Å². The maximum Gasteiger partial charge on any atom is 0.0558 e. The second kappa shape index (κ2) is 8.58. The molecule has 1 aromatic carbocycles. The van der Waals surface area contributed by atoms with Gasteiger partial charge in [-0.25, -0.2) is 0 Å². The quantitative estimate of drug-likeness (QED) is 0.797. The molecule has 0 radical (unpaired) electrons. The van der Waals surface area contributed by atoms with E-state index in [-0.39, 0.29) is 0 Å². The van der Waals surface area contributed by atoms with Crippen LogP contribution < -0.4 is 0 Å². The van der Waals surface area contributed by atoms with Gasteiger partial charge in [0.15, 0.2) is 0 Å². The van der Waals surface area contributed by atoms with Gasteiger partial charge in [-0.2, -0.15) is 0 Å². The van der Waals surface area contributed by atoms with E-state index in [4.69, 9.17) is 0 Å². The second-order valence-corrected chi connectivity index (χ2v) is 11.7. The molecule has 3 rings (SSSR count).